The fourth-order valence-corrected chi connectivity index (χ4v) is 2.99. The van der Waals surface area contributed by atoms with Gasteiger partial charge < -0.3 is 10.1 Å². The second-order valence-electron chi connectivity index (χ2n) is 4.81. The molecule has 2 aromatic rings. The third-order valence-electron chi connectivity index (χ3n) is 2.97. The van der Waals surface area contributed by atoms with Crippen molar-refractivity contribution in [2.75, 3.05) is 23.4 Å². The molecule has 0 aliphatic rings. The van der Waals surface area contributed by atoms with E-state index < -0.39 is 4.92 Å². The molecule has 6 nitrogen and oxygen atoms in total. The average Bonchev–Trinajstić information content (AvgIpc) is 2.57. The van der Waals surface area contributed by atoms with Gasteiger partial charge >= 0.3 is 0 Å². The average molecular weight is 401 g/mol. The molecular formula is C16H14Cl2N2O4S. The Bertz CT molecular complexity index is 753. The number of ether oxygens (including phenoxy) is 1. The van der Waals surface area contributed by atoms with Crippen LogP contribution in [0.25, 0.3) is 0 Å². The molecule has 0 atom stereocenters. The van der Waals surface area contributed by atoms with Crippen molar-refractivity contribution >= 4 is 52.2 Å². The Morgan fingerprint density at radius 3 is 2.56 bits per heavy atom. The number of anilines is 1. The molecule has 0 bridgehead atoms. The molecule has 132 valence electrons. The van der Waals surface area contributed by atoms with E-state index in [0.717, 1.165) is 0 Å². The molecule has 1 amide bonds. The standard InChI is InChI=1S/C16H14Cl2N2O4S/c17-13-5-2-6-14(18)16(13)24-7-8-25-10-15(21)19-11-3-1-4-12(9-11)20(22)23/h1-6,9H,7-8,10H2,(H,19,21). The van der Waals surface area contributed by atoms with Crippen LogP contribution in [-0.2, 0) is 4.79 Å². The van der Waals surface area contributed by atoms with Crippen LogP contribution in [0.3, 0.4) is 0 Å². The number of carbonyl (C=O) groups is 1. The SMILES string of the molecule is O=C(CSCCOc1c(Cl)cccc1Cl)Nc1cccc([N+](=O)[O-])c1. The van der Waals surface area contributed by atoms with Crippen LogP contribution in [0.15, 0.2) is 42.5 Å². The van der Waals surface area contributed by atoms with Crippen molar-refractivity contribution in [1.82, 2.24) is 0 Å². The third-order valence-corrected chi connectivity index (χ3v) is 4.48. The monoisotopic (exact) mass is 400 g/mol. The molecule has 0 heterocycles. The van der Waals surface area contributed by atoms with Crippen molar-refractivity contribution in [2.24, 2.45) is 0 Å². The maximum atomic E-state index is 11.9. The van der Waals surface area contributed by atoms with Crippen molar-refractivity contribution in [2.45, 2.75) is 0 Å². The van der Waals surface area contributed by atoms with Gasteiger partial charge in [0.25, 0.3) is 5.69 Å². The molecule has 0 radical (unpaired) electrons. The number of non-ortho nitro benzene ring substituents is 1. The first-order valence-electron chi connectivity index (χ1n) is 7.16. The van der Waals surface area contributed by atoms with Gasteiger partial charge in [-0.05, 0) is 18.2 Å². The number of rotatable bonds is 8. The van der Waals surface area contributed by atoms with Crippen molar-refractivity contribution in [3.8, 4) is 5.75 Å². The molecule has 2 aromatic carbocycles. The number of halogens is 2. The molecule has 2 rings (SSSR count). The third kappa shape index (κ3) is 6.12. The fraction of sp³-hybridized carbons (Fsp3) is 0.188. The number of benzene rings is 2. The Kier molecular flexibility index (Phi) is 7.36. The van der Waals surface area contributed by atoms with Crippen LogP contribution in [0.4, 0.5) is 11.4 Å². The number of nitrogens with one attached hydrogen (secondary N) is 1. The summed E-state index contributed by atoms with van der Waals surface area (Å²) in [5.41, 5.74) is 0.314. The minimum absolute atomic E-state index is 0.0736. The molecule has 0 saturated carbocycles. The lowest BCUT2D eigenvalue weighted by molar-refractivity contribution is -0.384. The number of amides is 1. The van der Waals surface area contributed by atoms with E-state index >= 15 is 0 Å². The number of hydrogen-bond acceptors (Lipinski definition) is 5. The summed E-state index contributed by atoms with van der Waals surface area (Å²) in [7, 11) is 0. The van der Waals surface area contributed by atoms with Crippen LogP contribution in [0.2, 0.25) is 10.0 Å². The first kappa shape index (κ1) is 19.4. The highest BCUT2D eigenvalue weighted by atomic mass is 35.5. The summed E-state index contributed by atoms with van der Waals surface area (Å²) in [6, 6.07) is 10.9. The van der Waals surface area contributed by atoms with Crippen LogP contribution in [-0.4, -0.2) is 28.9 Å². The molecule has 0 spiro atoms. The van der Waals surface area contributed by atoms with Crippen molar-refractivity contribution < 1.29 is 14.5 Å². The van der Waals surface area contributed by atoms with Gasteiger partial charge in [-0.1, -0.05) is 35.3 Å². The van der Waals surface area contributed by atoms with Gasteiger partial charge in [-0.2, -0.15) is 0 Å². The lowest BCUT2D eigenvalue weighted by Crippen LogP contribution is -2.15. The van der Waals surface area contributed by atoms with Gasteiger partial charge in [0.15, 0.2) is 5.75 Å². The van der Waals surface area contributed by atoms with E-state index in [-0.39, 0.29) is 17.3 Å². The molecule has 0 aromatic heterocycles. The molecule has 1 N–H and O–H groups in total. The lowest BCUT2D eigenvalue weighted by atomic mass is 10.3. The van der Waals surface area contributed by atoms with Crippen molar-refractivity contribution in [1.29, 1.82) is 0 Å². The smallest absolute Gasteiger partial charge is 0.271 e. The molecule has 9 heteroatoms. The van der Waals surface area contributed by atoms with Gasteiger partial charge in [0.05, 0.1) is 27.3 Å². The second kappa shape index (κ2) is 9.50. The first-order chi connectivity index (χ1) is 12.0. The summed E-state index contributed by atoms with van der Waals surface area (Å²) in [5.74, 6) is 0.931. The number of para-hydroxylation sites is 1. The Hall–Kier alpha value is -1.96. The number of thioether (sulfide) groups is 1. The van der Waals surface area contributed by atoms with Crippen molar-refractivity contribution in [3.05, 3.63) is 62.6 Å². The molecule has 0 saturated heterocycles. The quantitative estimate of drug-likeness (QED) is 0.396. The maximum Gasteiger partial charge on any atom is 0.271 e. The Labute approximate surface area is 158 Å². The number of nitrogens with zero attached hydrogens (tertiary/aromatic N) is 1. The topological polar surface area (TPSA) is 81.5 Å². The Morgan fingerprint density at radius 1 is 1.20 bits per heavy atom. The molecule has 25 heavy (non-hydrogen) atoms. The van der Waals surface area contributed by atoms with Crippen LogP contribution < -0.4 is 10.1 Å². The van der Waals surface area contributed by atoms with Crippen molar-refractivity contribution in [3.63, 3.8) is 0 Å². The highest BCUT2D eigenvalue weighted by Crippen LogP contribution is 2.32. The fourth-order valence-electron chi connectivity index (χ4n) is 1.88. The van der Waals surface area contributed by atoms with E-state index in [0.29, 0.717) is 33.8 Å². The maximum absolute atomic E-state index is 11.9. The van der Waals surface area contributed by atoms with Gasteiger partial charge in [0.2, 0.25) is 5.91 Å². The zero-order valence-electron chi connectivity index (χ0n) is 12.9. The number of nitro groups is 1. The molecular weight excluding hydrogens is 387 g/mol. The summed E-state index contributed by atoms with van der Waals surface area (Å²) in [6.45, 7) is 0.345. The van der Waals surface area contributed by atoms with Crippen LogP contribution in [0.1, 0.15) is 0 Å². The van der Waals surface area contributed by atoms with Gasteiger partial charge in [0.1, 0.15) is 0 Å². The van der Waals surface area contributed by atoms with E-state index in [1.807, 2.05) is 0 Å². The predicted molar refractivity (Wildman–Crippen MR) is 101 cm³/mol. The highest BCUT2D eigenvalue weighted by Gasteiger charge is 2.09. The normalized spacial score (nSPS) is 10.3. The largest absolute Gasteiger partial charge is 0.490 e. The Balaban J connectivity index is 1.72. The van der Waals surface area contributed by atoms with E-state index in [2.05, 4.69) is 5.32 Å². The van der Waals surface area contributed by atoms with Gasteiger partial charge in [0, 0.05) is 23.6 Å². The summed E-state index contributed by atoms with van der Waals surface area (Å²) >= 11 is 13.3. The van der Waals surface area contributed by atoms with Crippen LogP contribution in [0, 0.1) is 10.1 Å². The van der Waals surface area contributed by atoms with Crippen LogP contribution >= 0.6 is 35.0 Å². The molecule has 0 aliphatic heterocycles. The second-order valence-corrected chi connectivity index (χ2v) is 6.73. The number of carbonyl (C=O) groups excluding carboxylic acids is 1. The number of nitro benzene ring substituents is 1. The van der Waals surface area contributed by atoms with Gasteiger partial charge in [-0.25, -0.2) is 0 Å². The first-order valence-corrected chi connectivity index (χ1v) is 9.07. The van der Waals surface area contributed by atoms with Crippen LogP contribution in [0.5, 0.6) is 5.75 Å². The highest BCUT2D eigenvalue weighted by molar-refractivity contribution is 7.99. The number of hydrogen-bond donors (Lipinski definition) is 1. The molecule has 0 unspecified atom stereocenters. The zero-order valence-corrected chi connectivity index (χ0v) is 15.2. The lowest BCUT2D eigenvalue weighted by Gasteiger charge is -2.09. The van der Waals surface area contributed by atoms with E-state index in [1.54, 1.807) is 24.3 Å². The van der Waals surface area contributed by atoms with Gasteiger partial charge in [-0.3, -0.25) is 14.9 Å². The Morgan fingerprint density at radius 2 is 1.88 bits per heavy atom. The molecule has 0 fully saturated rings. The minimum Gasteiger partial charge on any atom is -0.490 e. The van der Waals surface area contributed by atoms with E-state index in [9.17, 15) is 14.9 Å². The van der Waals surface area contributed by atoms with E-state index in [1.165, 1.54) is 30.0 Å². The van der Waals surface area contributed by atoms with E-state index in [4.69, 9.17) is 27.9 Å². The minimum atomic E-state index is -0.512. The molecule has 0 aliphatic carbocycles. The zero-order chi connectivity index (χ0) is 18.2. The van der Waals surface area contributed by atoms with Gasteiger partial charge in [-0.15, -0.1) is 11.8 Å². The summed E-state index contributed by atoms with van der Waals surface area (Å²) in [6.07, 6.45) is 0. The predicted octanol–water partition coefficient (Wildman–Crippen LogP) is 4.65. The summed E-state index contributed by atoms with van der Waals surface area (Å²) in [5, 5.41) is 14.2. The summed E-state index contributed by atoms with van der Waals surface area (Å²) < 4.78 is 5.52. The summed E-state index contributed by atoms with van der Waals surface area (Å²) in [4.78, 5) is 22.0.